The van der Waals surface area contributed by atoms with Crippen molar-refractivity contribution >= 4 is 28.6 Å². The number of aromatic nitrogens is 2. The number of unbranched alkanes of at least 4 members (excludes halogenated alkanes) is 1. The smallest absolute Gasteiger partial charge is 0.225 e. The van der Waals surface area contributed by atoms with E-state index in [2.05, 4.69) is 15.3 Å². The Morgan fingerprint density at radius 3 is 2.83 bits per heavy atom. The molecule has 0 saturated heterocycles. The van der Waals surface area contributed by atoms with Gasteiger partial charge in [-0.2, -0.15) is 4.98 Å². The number of hydrogen-bond acceptors (Lipinski definition) is 6. The summed E-state index contributed by atoms with van der Waals surface area (Å²) in [5.41, 5.74) is 11.9. The van der Waals surface area contributed by atoms with Gasteiger partial charge in [-0.15, -0.1) is 0 Å². The molecule has 0 radical (unpaired) electrons. The van der Waals surface area contributed by atoms with E-state index in [9.17, 15) is 4.79 Å². The first-order valence-corrected chi connectivity index (χ1v) is 7.66. The van der Waals surface area contributed by atoms with Gasteiger partial charge in [-0.25, -0.2) is 4.98 Å². The molecule has 5 N–H and O–H groups in total. The zero-order chi connectivity index (χ0) is 16.7. The Labute approximate surface area is 135 Å². The minimum absolute atomic E-state index is 0.0495. The van der Waals surface area contributed by atoms with Crippen molar-refractivity contribution in [1.29, 1.82) is 0 Å². The highest BCUT2D eigenvalue weighted by atomic mass is 16.5. The van der Waals surface area contributed by atoms with Gasteiger partial charge in [0.25, 0.3) is 0 Å². The van der Waals surface area contributed by atoms with Crippen molar-refractivity contribution in [2.24, 2.45) is 5.73 Å². The molecule has 0 aliphatic carbocycles. The molecule has 0 saturated carbocycles. The van der Waals surface area contributed by atoms with Gasteiger partial charge in [-0.1, -0.05) is 18.6 Å². The van der Waals surface area contributed by atoms with Gasteiger partial charge in [-0.05, 0) is 25.0 Å². The molecule has 1 aromatic carbocycles. The average Bonchev–Trinajstić information content (AvgIpc) is 2.51. The molecule has 1 heterocycles. The van der Waals surface area contributed by atoms with Crippen LogP contribution in [-0.4, -0.2) is 35.6 Å². The summed E-state index contributed by atoms with van der Waals surface area (Å²) < 4.78 is 5.23. The Morgan fingerprint density at radius 2 is 2.09 bits per heavy atom. The van der Waals surface area contributed by atoms with E-state index in [0.29, 0.717) is 24.8 Å². The van der Waals surface area contributed by atoms with Crippen LogP contribution in [-0.2, 0) is 9.53 Å². The number of primary amides is 1. The summed E-state index contributed by atoms with van der Waals surface area (Å²) in [7, 11) is 1.65. The first-order chi connectivity index (χ1) is 11.1. The number of methoxy groups -OCH3 is 1. The number of nitrogen functional groups attached to an aromatic ring is 1. The van der Waals surface area contributed by atoms with Crippen LogP contribution in [0.1, 0.15) is 25.7 Å². The number of amides is 1. The van der Waals surface area contributed by atoms with E-state index in [1.165, 1.54) is 0 Å². The number of para-hydroxylation sites is 1. The number of benzene rings is 1. The first-order valence-electron chi connectivity index (χ1n) is 7.66. The number of nitrogens with two attached hydrogens (primary N) is 2. The van der Waals surface area contributed by atoms with Crippen LogP contribution >= 0.6 is 0 Å². The third-order valence-corrected chi connectivity index (χ3v) is 3.56. The minimum atomic E-state index is -0.271. The second-order valence-corrected chi connectivity index (χ2v) is 5.46. The maximum absolute atomic E-state index is 10.8. The summed E-state index contributed by atoms with van der Waals surface area (Å²) >= 11 is 0. The van der Waals surface area contributed by atoms with Gasteiger partial charge in [0.2, 0.25) is 11.9 Å². The number of rotatable bonds is 9. The molecule has 0 spiro atoms. The largest absolute Gasteiger partial charge is 0.383 e. The van der Waals surface area contributed by atoms with E-state index < -0.39 is 0 Å². The highest BCUT2D eigenvalue weighted by molar-refractivity contribution is 5.88. The van der Waals surface area contributed by atoms with Crippen molar-refractivity contribution in [2.75, 3.05) is 24.8 Å². The van der Waals surface area contributed by atoms with Crippen LogP contribution in [0.4, 0.5) is 11.8 Å². The number of carbonyl (C=O) groups excluding carboxylic acids is 1. The molecular weight excluding hydrogens is 294 g/mol. The highest BCUT2D eigenvalue weighted by Crippen LogP contribution is 2.19. The fraction of sp³-hybridized carbons (Fsp3) is 0.438. The van der Waals surface area contributed by atoms with Crippen molar-refractivity contribution in [3.63, 3.8) is 0 Å². The molecule has 124 valence electrons. The van der Waals surface area contributed by atoms with Gasteiger partial charge >= 0.3 is 0 Å². The summed E-state index contributed by atoms with van der Waals surface area (Å²) in [6, 6.07) is 7.66. The van der Waals surface area contributed by atoms with E-state index in [-0.39, 0.29) is 11.9 Å². The monoisotopic (exact) mass is 317 g/mol. The lowest BCUT2D eigenvalue weighted by molar-refractivity contribution is -0.118. The highest BCUT2D eigenvalue weighted by Gasteiger charge is 2.12. The molecule has 1 atom stereocenters. The second kappa shape index (κ2) is 8.28. The van der Waals surface area contributed by atoms with Crippen molar-refractivity contribution in [2.45, 2.75) is 31.7 Å². The maximum Gasteiger partial charge on any atom is 0.225 e. The lowest BCUT2D eigenvalue weighted by Crippen LogP contribution is -2.26. The summed E-state index contributed by atoms with van der Waals surface area (Å²) in [5, 5.41) is 4.09. The average molecular weight is 317 g/mol. The maximum atomic E-state index is 10.8. The number of carbonyl (C=O) groups is 1. The molecule has 2 aromatic rings. The molecule has 0 fully saturated rings. The molecule has 1 unspecified atom stereocenters. The molecule has 23 heavy (non-hydrogen) atoms. The Balaban J connectivity index is 2.02. The molecule has 0 aliphatic rings. The third-order valence-electron chi connectivity index (χ3n) is 3.56. The van der Waals surface area contributed by atoms with Crippen molar-refractivity contribution in [1.82, 2.24) is 9.97 Å². The SMILES string of the molecule is COCC(CCCCC(N)=O)Nc1nc(N)c2ccccc2n1. The van der Waals surface area contributed by atoms with Gasteiger partial charge in [0.05, 0.1) is 18.2 Å². The normalized spacial score (nSPS) is 12.2. The molecule has 0 aliphatic heterocycles. The van der Waals surface area contributed by atoms with Crippen LogP contribution in [0.3, 0.4) is 0 Å². The van der Waals surface area contributed by atoms with Gasteiger partial charge < -0.3 is 21.5 Å². The van der Waals surface area contributed by atoms with Gasteiger partial charge in [0, 0.05) is 18.9 Å². The van der Waals surface area contributed by atoms with E-state index in [1.54, 1.807) is 7.11 Å². The molecule has 2 rings (SSSR count). The Morgan fingerprint density at radius 1 is 1.30 bits per heavy atom. The zero-order valence-electron chi connectivity index (χ0n) is 13.3. The molecule has 7 heteroatoms. The van der Waals surface area contributed by atoms with E-state index in [1.807, 2.05) is 24.3 Å². The van der Waals surface area contributed by atoms with Crippen LogP contribution in [0.2, 0.25) is 0 Å². The number of nitrogens with one attached hydrogen (secondary N) is 1. The fourth-order valence-electron chi connectivity index (χ4n) is 2.44. The number of anilines is 2. The third kappa shape index (κ3) is 5.07. The standard InChI is InChI=1S/C16H23N5O2/c1-23-10-11(6-2-5-9-14(17)22)19-16-20-13-8-4-3-7-12(13)15(18)21-16/h3-4,7-8,11H,2,5-6,9-10H2,1H3,(H2,17,22)(H3,18,19,20,21). The number of fused-ring (bicyclic) bond motifs is 1. The Kier molecular flexibility index (Phi) is 6.10. The van der Waals surface area contributed by atoms with Crippen molar-refractivity contribution in [3.8, 4) is 0 Å². The van der Waals surface area contributed by atoms with Crippen LogP contribution in [0, 0.1) is 0 Å². The van der Waals surface area contributed by atoms with Gasteiger partial charge in [0.1, 0.15) is 5.82 Å². The Bertz CT molecular complexity index is 662. The fourth-order valence-corrected chi connectivity index (χ4v) is 2.44. The van der Waals surface area contributed by atoms with Crippen LogP contribution in [0.5, 0.6) is 0 Å². The lowest BCUT2D eigenvalue weighted by Gasteiger charge is -2.18. The molecule has 7 nitrogen and oxygen atoms in total. The predicted molar refractivity (Wildman–Crippen MR) is 90.9 cm³/mol. The summed E-state index contributed by atoms with van der Waals surface area (Å²) in [4.78, 5) is 19.6. The van der Waals surface area contributed by atoms with Crippen molar-refractivity contribution < 1.29 is 9.53 Å². The van der Waals surface area contributed by atoms with E-state index >= 15 is 0 Å². The van der Waals surface area contributed by atoms with Crippen LogP contribution in [0.25, 0.3) is 10.9 Å². The lowest BCUT2D eigenvalue weighted by atomic mass is 10.1. The van der Waals surface area contributed by atoms with E-state index in [4.69, 9.17) is 16.2 Å². The van der Waals surface area contributed by atoms with Crippen LogP contribution < -0.4 is 16.8 Å². The number of hydrogen-bond donors (Lipinski definition) is 3. The van der Waals surface area contributed by atoms with Crippen LogP contribution in [0.15, 0.2) is 24.3 Å². The summed E-state index contributed by atoms with van der Waals surface area (Å²) in [6.45, 7) is 0.520. The quantitative estimate of drug-likeness (QED) is 0.606. The minimum Gasteiger partial charge on any atom is -0.383 e. The summed E-state index contributed by atoms with van der Waals surface area (Å²) in [6.07, 6.45) is 2.86. The summed E-state index contributed by atoms with van der Waals surface area (Å²) in [5.74, 6) is 0.660. The predicted octanol–water partition coefficient (Wildman–Crippen LogP) is 1.68. The van der Waals surface area contributed by atoms with Gasteiger partial charge in [-0.3, -0.25) is 4.79 Å². The first kappa shape index (κ1) is 17.0. The van der Waals surface area contributed by atoms with Crippen molar-refractivity contribution in [3.05, 3.63) is 24.3 Å². The number of nitrogens with zero attached hydrogens (tertiary/aromatic N) is 2. The Hall–Kier alpha value is -2.41. The molecule has 0 bridgehead atoms. The molecule has 1 aromatic heterocycles. The zero-order valence-corrected chi connectivity index (χ0v) is 13.3. The van der Waals surface area contributed by atoms with E-state index in [0.717, 1.165) is 30.2 Å². The molecular formula is C16H23N5O2. The van der Waals surface area contributed by atoms with Gasteiger partial charge in [0.15, 0.2) is 0 Å². The number of ether oxygens (including phenoxy) is 1. The second-order valence-electron chi connectivity index (χ2n) is 5.46. The molecule has 1 amide bonds. The topological polar surface area (TPSA) is 116 Å².